The van der Waals surface area contributed by atoms with Gasteiger partial charge >= 0.3 is 65.1 Å². The molecule has 0 aliphatic heterocycles. The topological polar surface area (TPSA) is 58.6 Å². The van der Waals surface area contributed by atoms with Crippen molar-refractivity contribution in [1.29, 1.82) is 0 Å². The zero-order valence-corrected chi connectivity index (χ0v) is 4.68. The molecule has 0 aromatic heterocycles. The van der Waals surface area contributed by atoms with Crippen LogP contribution >= 0.6 is 0 Å². The molecule has 0 amide bonds. The van der Waals surface area contributed by atoms with Crippen molar-refractivity contribution in [1.82, 2.24) is 5.48 Å². The van der Waals surface area contributed by atoms with Gasteiger partial charge in [0.25, 0.3) is 0 Å². The standard InChI is InChI=1S/C4H9NO3.2Na.2H/c1-2-8-5-3-4(6)7;;;;/h5H,2-3H2,1H3,(H,6,7);;;;. The molecule has 0 fully saturated rings. The summed E-state index contributed by atoms with van der Waals surface area (Å²) in [6, 6.07) is 0. The van der Waals surface area contributed by atoms with Crippen LogP contribution in [0.25, 0.3) is 0 Å². The monoisotopic (exact) mass is 167 g/mol. The van der Waals surface area contributed by atoms with Crippen LogP contribution in [0.2, 0.25) is 0 Å². The van der Waals surface area contributed by atoms with Crippen molar-refractivity contribution in [2.45, 2.75) is 6.92 Å². The fourth-order valence-corrected chi connectivity index (χ4v) is 0.215. The molecule has 0 heterocycles. The average molecular weight is 167 g/mol. The maximum absolute atomic E-state index is 9.73. The molecular formula is C4H11NNa2O3. The van der Waals surface area contributed by atoms with E-state index < -0.39 is 5.97 Å². The summed E-state index contributed by atoms with van der Waals surface area (Å²) in [5, 5.41) is 8.00. The SMILES string of the molecule is CCONCC(=O)O.[NaH].[NaH]. The predicted molar refractivity (Wildman–Crippen MR) is 41.6 cm³/mol. The van der Waals surface area contributed by atoms with Crippen molar-refractivity contribution in [3.05, 3.63) is 0 Å². The molecule has 6 heteroatoms. The van der Waals surface area contributed by atoms with Gasteiger partial charge in [0.05, 0.1) is 6.61 Å². The zero-order chi connectivity index (χ0) is 6.41. The summed E-state index contributed by atoms with van der Waals surface area (Å²) in [6.07, 6.45) is 0. The van der Waals surface area contributed by atoms with E-state index in [1.54, 1.807) is 6.92 Å². The van der Waals surface area contributed by atoms with Gasteiger partial charge < -0.3 is 9.94 Å². The molecule has 52 valence electrons. The first-order valence-electron chi connectivity index (χ1n) is 2.33. The molecule has 0 bridgehead atoms. The van der Waals surface area contributed by atoms with E-state index in [-0.39, 0.29) is 65.7 Å². The Hall–Kier alpha value is 1.39. The van der Waals surface area contributed by atoms with Crippen LogP contribution in [-0.4, -0.2) is 83.3 Å². The number of rotatable bonds is 4. The third-order valence-electron chi connectivity index (χ3n) is 0.470. The molecule has 0 rings (SSSR count). The number of hydrogen-bond donors (Lipinski definition) is 2. The molecule has 0 aliphatic carbocycles. The fourth-order valence-electron chi connectivity index (χ4n) is 0.215. The van der Waals surface area contributed by atoms with Crippen molar-refractivity contribution in [3.63, 3.8) is 0 Å². The van der Waals surface area contributed by atoms with Crippen molar-refractivity contribution >= 4 is 65.1 Å². The van der Waals surface area contributed by atoms with Crippen molar-refractivity contribution in [3.8, 4) is 0 Å². The second-order valence-corrected chi connectivity index (χ2v) is 1.15. The maximum atomic E-state index is 9.73. The summed E-state index contributed by atoms with van der Waals surface area (Å²) in [7, 11) is 0. The molecule has 0 unspecified atom stereocenters. The Labute approximate surface area is 104 Å². The van der Waals surface area contributed by atoms with Gasteiger partial charge in [0.15, 0.2) is 0 Å². The second-order valence-electron chi connectivity index (χ2n) is 1.15. The van der Waals surface area contributed by atoms with Gasteiger partial charge in [0.2, 0.25) is 0 Å². The van der Waals surface area contributed by atoms with Gasteiger partial charge in [-0.15, -0.1) is 0 Å². The average Bonchev–Trinajstić information content (AvgIpc) is 1.66. The first-order chi connectivity index (χ1) is 3.77. The van der Waals surface area contributed by atoms with E-state index >= 15 is 0 Å². The molecule has 0 spiro atoms. The van der Waals surface area contributed by atoms with E-state index in [0.29, 0.717) is 6.61 Å². The summed E-state index contributed by atoms with van der Waals surface area (Å²) in [5.74, 6) is -0.918. The number of hydroxylamine groups is 1. The van der Waals surface area contributed by atoms with Crippen LogP contribution in [0, 0.1) is 0 Å². The number of hydrogen-bond acceptors (Lipinski definition) is 3. The van der Waals surface area contributed by atoms with Gasteiger partial charge in [-0.05, 0) is 6.92 Å². The van der Waals surface area contributed by atoms with E-state index in [0.717, 1.165) is 0 Å². The Morgan fingerprint density at radius 3 is 2.40 bits per heavy atom. The van der Waals surface area contributed by atoms with Gasteiger partial charge in [-0.3, -0.25) is 4.79 Å². The van der Waals surface area contributed by atoms with Crippen LogP contribution in [0.4, 0.5) is 0 Å². The number of carboxylic acids is 1. The molecular weight excluding hydrogens is 156 g/mol. The Morgan fingerprint density at radius 1 is 1.60 bits per heavy atom. The molecule has 0 atom stereocenters. The van der Waals surface area contributed by atoms with Crippen molar-refractivity contribution < 1.29 is 14.7 Å². The van der Waals surface area contributed by atoms with Crippen LogP contribution in [0.1, 0.15) is 6.92 Å². The fraction of sp³-hybridized carbons (Fsp3) is 0.750. The second kappa shape index (κ2) is 13.0. The number of carboxylic acid groups (broad SMARTS) is 1. The molecule has 0 aliphatic rings. The molecule has 0 radical (unpaired) electrons. The van der Waals surface area contributed by atoms with Gasteiger partial charge in [0, 0.05) is 0 Å². The quantitative estimate of drug-likeness (QED) is 0.298. The molecule has 0 saturated heterocycles. The molecule has 0 aromatic carbocycles. The Bertz CT molecular complexity index is 80.9. The summed E-state index contributed by atoms with van der Waals surface area (Å²) in [4.78, 5) is 14.2. The third kappa shape index (κ3) is 16.2. The summed E-state index contributed by atoms with van der Waals surface area (Å²) in [6.45, 7) is 2.11. The summed E-state index contributed by atoms with van der Waals surface area (Å²) < 4.78 is 0. The minimum atomic E-state index is -0.918. The summed E-state index contributed by atoms with van der Waals surface area (Å²) in [5.41, 5.74) is 2.23. The van der Waals surface area contributed by atoms with Gasteiger partial charge in [-0.1, -0.05) is 0 Å². The van der Waals surface area contributed by atoms with Crippen LogP contribution in [0.5, 0.6) is 0 Å². The third-order valence-corrected chi connectivity index (χ3v) is 0.470. The Kier molecular flexibility index (Phi) is 22.7. The number of carbonyl (C=O) groups is 1. The van der Waals surface area contributed by atoms with Crippen molar-refractivity contribution in [2.75, 3.05) is 13.2 Å². The van der Waals surface area contributed by atoms with E-state index in [4.69, 9.17) is 5.11 Å². The molecule has 4 nitrogen and oxygen atoms in total. The van der Waals surface area contributed by atoms with Crippen LogP contribution in [-0.2, 0) is 9.63 Å². The van der Waals surface area contributed by atoms with Crippen LogP contribution in [0.3, 0.4) is 0 Å². The van der Waals surface area contributed by atoms with Gasteiger partial charge in [0.1, 0.15) is 6.54 Å². The normalized spacial score (nSPS) is 7.30. The Morgan fingerprint density at radius 2 is 2.10 bits per heavy atom. The molecule has 0 aromatic rings. The van der Waals surface area contributed by atoms with E-state index in [1.165, 1.54) is 0 Å². The molecule has 2 N–H and O–H groups in total. The van der Waals surface area contributed by atoms with Crippen molar-refractivity contribution in [2.24, 2.45) is 0 Å². The number of aliphatic carboxylic acids is 1. The van der Waals surface area contributed by atoms with Crippen LogP contribution < -0.4 is 5.48 Å². The van der Waals surface area contributed by atoms with E-state index in [2.05, 4.69) is 10.3 Å². The summed E-state index contributed by atoms with van der Waals surface area (Å²) >= 11 is 0. The minimum absolute atomic E-state index is 0. The number of nitrogens with one attached hydrogen (secondary N) is 1. The van der Waals surface area contributed by atoms with E-state index in [9.17, 15) is 4.79 Å². The zero-order valence-electron chi connectivity index (χ0n) is 4.68. The molecule has 10 heavy (non-hydrogen) atoms. The predicted octanol–water partition coefficient (Wildman–Crippen LogP) is -1.68. The van der Waals surface area contributed by atoms with Gasteiger partial charge in [-0.2, -0.15) is 5.48 Å². The first kappa shape index (κ1) is 17.5. The van der Waals surface area contributed by atoms with E-state index in [1.807, 2.05) is 0 Å². The molecule has 0 saturated carbocycles. The first-order valence-corrected chi connectivity index (χ1v) is 2.33. The van der Waals surface area contributed by atoms with Crippen LogP contribution in [0.15, 0.2) is 0 Å². The van der Waals surface area contributed by atoms with Gasteiger partial charge in [-0.25, -0.2) is 0 Å². The Balaban J connectivity index is -0.000000245.